The average molecular weight is 370 g/mol. The van der Waals surface area contributed by atoms with Gasteiger partial charge in [0.1, 0.15) is 11.3 Å². The lowest BCUT2D eigenvalue weighted by atomic mass is 10.1. The van der Waals surface area contributed by atoms with Gasteiger partial charge in [-0.3, -0.25) is 0 Å². The van der Waals surface area contributed by atoms with Crippen molar-refractivity contribution in [3.8, 4) is 5.75 Å². The molecule has 0 fully saturated rings. The molecule has 0 bridgehead atoms. The number of rotatable bonds is 7. The zero-order valence-corrected chi connectivity index (χ0v) is 15.5. The van der Waals surface area contributed by atoms with Gasteiger partial charge >= 0.3 is 11.9 Å². The van der Waals surface area contributed by atoms with Crippen LogP contribution in [-0.4, -0.2) is 37.3 Å². The maximum absolute atomic E-state index is 12.4. The number of hydrogen-bond acceptors (Lipinski definition) is 6. The Kier molecular flexibility index (Phi) is 6.86. The van der Waals surface area contributed by atoms with E-state index >= 15 is 0 Å². The van der Waals surface area contributed by atoms with Crippen molar-refractivity contribution in [1.82, 2.24) is 4.57 Å². The fraction of sp³-hybridized carbons (Fsp3) is 0.250. The van der Waals surface area contributed by atoms with E-state index in [1.165, 1.54) is 7.11 Å². The van der Waals surface area contributed by atoms with Gasteiger partial charge in [-0.15, -0.1) is 0 Å². The number of carbonyl (C=O) groups excluding carboxylic acids is 2. The highest BCUT2D eigenvalue weighted by Gasteiger charge is 2.25. The van der Waals surface area contributed by atoms with Crippen LogP contribution < -0.4 is 10.5 Å². The summed E-state index contributed by atoms with van der Waals surface area (Å²) in [6.07, 6.45) is 2.81. The molecule has 0 saturated carbocycles. The van der Waals surface area contributed by atoms with Gasteiger partial charge in [-0.25, -0.2) is 9.59 Å². The molecule has 0 aliphatic heterocycles. The maximum atomic E-state index is 12.4. The van der Waals surface area contributed by atoms with Crippen molar-refractivity contribution in [2.75, 3.05) is 20.8 Å². The third-order valence-electron chi connectivity index (χ3n) is 3.82. The Bertz CT molecular complexity index is 874. The van der Waals surface area contributed by atoms with E-state index in [9.17, 15) is 9.59 Å². The van der Waals surface area contributed by atoms with Gasteiger partial charge in [-0.1, -0.05) is 17.9 Å². The fourth-order valence-electron chi connectivity index (χ4n) is 2.60. The highest BCUT2D eigenvalue weighted by Crippen LogP contribution is 2.24. The summed E-state index contributed by atoms with van der Waals surface area (Å²) >= 11 is 0. The van der Waals surface area contributed by atoms with Crippen LogP contribution in [0.2, 0.25) is 0 Å². The van der Waals surface area contributed by atoms with Crippen LogP contribution in [0.4, 0.5) is 0 Å². The number of benzene rings is 1. The standard InChI is InChI=1S/C20H22N2O5/c1-4-27-20(24)16(9-11-21)18-17(19(23)26-3)10-12-22(18)13-14-5-7-15(25-2)8-6-14/h5-8,10-12H,4,13,21H2,1-3H3. The summed E-state index contributed by atoms with van der Waals surface area (Å²) in [4.78, 5) is 24.6. The van der Waals surface area contributed by atoms with Crippen molar-refractivity contribution in [2.24, 2.45) is 5.73 Å². The summed E-state index contributed by atoms with van der Waals surface area (Å²) in [7, 11) is 2.87. The predicted octanol–water partition coefficient (Wildman–Crippen LogP) is 2.35. The van der Waals surface area contributed by atoms with E-state index in [2.05, 4.69) is 5.73 Å². The molecule has 0 unspecified atom stereocenters. The van der Waals surface area contributed by atoms with Gasteiger partial charge in [0.25, 0.3) is 0 Å². The molecule has 2 rings (SSSR count). The number of aromatic nitrogens is 1. The Hall–Kier alpha value is -3.44. The van der Waals surface area contributed by atoms with Gasteiger partial charge in [0.2, 0.25) is 0 Å². The number of esters is 2. The van der Waals surface area contributed by atoms with E-state index in [-0.39, 0.29) is 17.7 Å². The molecule has 0 saturated heterocycles. The maximum Gasteiger partial charge on any atom is 0.348 e. The number of nitrogens with two attached hydrogens (primary N) is 1. The molecule has 0 atom stereocenters. The van der Waals surface area contributed by atoms with Gasteiger partial charge in [0.05, 0.1) is 32.1 Å². The average Bonchev–Trinajstić information content (AvgIpc) is 3.09. The predicted molar refractivity (Wildman–Crippen MR) is 100 cm³/mol. The van der Waals surface area contributed by atoms with Gasteiger partial charge in [-0.05, 0) is 30.7 Å². The highest BCUT2D eigenvalue weighted by molar-refractivity contribution is 6.18. The van der Waals surface area contributed by atoms with E-state index in [1.54, 1.807) is 30.9 Å². The lowest BCUT2D eigenvalue weighted by Crippen LogP contribution is -2.15. The molecule has 0 amide bonds. The Morgan fingerprint density at radius 1 is 1.19 bits per heavy atom. The van der Waals surface area contributed by atoms with Crippen LogP contribution in [0.5, 0.6) is 5.75 Å². The molecular weight excluding hydrogens is 348 g/mol. The Morgan fingerprint density at radius 2 is 1.89 bits per heavy atom. The van der Waals surface area contributed by atoms with Crippen LogP contribution in [0, 0.1) is 0 Å². The highest BCUT2D eigenvalue weighted by atomic mass is 16.5. The molecular formula is C20H22N2O5. The van der Waals surface area contributed by atoms with E-state index in [4.69, 9.17) is 19.9 Å². The second-order valence-electron chi connectivity index (χ2n) is 5.45. The first-order valence-corrected chi connectivity index (χ1v) is 8.30. The van der Waals surface area contributed by atoms with Crippen molar-refractivity contribution in [3.63, 3.8) is 0 Å². The van der Waals surface area contributed by atoms with E-state index < -0.39 is 11.9 Å². The minimum Gasteiger partial charge on any atom is -0.497 e. The molecule has 0 radical (unpaired) electrons. The van der Waals surface area contributed by atoms with E-state index in [0.717, 1.165) is 17.5 Å². The number of ether oxygens (including phenoxy) is 3. The third-order valence-corrected chi connectivity index (χ3v) is 3.82. The molecule has 1 heterocycles. The van der Waals surface area contributed by atoms with Crippen LogP contribution in [0.25, 0.3) is 5.57 Å². The monoisotopic (exact) mass is 370 g/mol. The molecule has 142 valence electrons. The van der Waals surface area contributed by atoms with Crippen LogP contribution in [-0.2, 0) is 20.8 Å². The van der Waals surface area contributed by atoms with Gasteiger partial charge < -0.3 is 24.5 Å². The van der Waals surface area contributed by atoms with Crippen molar-refractivity contribution < 1.29 is 23.8 Å². The lowest BCUT2D eigenvalue weighted by molar-refractivity contribution is -0.136. The second kappa shape index (κ2) is 9.31. The molecule has 1 aromatic carbocycles. The number of methoxy groups -OCH3 is 2. The van der Waals surface area contributed by atoms with Crippen molar-refractivity contribution in [3.05, 3.63) is 65.3 Å². The quantitative estimate of drug-likeness (QED) is 0.457. The Labute approximate surface area is 157 Å². The van der Waals surface area contributed by atoms with Crippen LogP contribution in [0.3, 0.4) is 0 Å². The molecule has 7 heteroatoms. The Balaban J connectivity index is 2.54. The SMILES string of the molecule is CCOC(=O)C(=C=CN)c1c(C(=O)OC)ccn1Cc1ccc(OC)cc1. The molecule has 27 heavy (non-hydrogen) atoms. The largest absolute Gasteiger partial charge is 0.497 e. The first-order chi connectivity index (χ1) is 13.0. The second-order valence-corrected chi connectivity index (χ2v) is 5.45. The van der Waals surface area contributed by atoms with Gasteiger partial charge in [-0.2, -0.15) is 0 Å². The molecule has 7 nitrogen and oxygen atoms in total. The van der Waals surface area contributed by atoms with E-state index in [0.29, 0.717) is 12.2 Å². The first-order valence-electron chi connectivity index (χ1n) is 8.30. The van der Waals surface area contributed by atoms with Crippen molar-refractivity contribution in [1.29, 1.82) is 0 Å². The number of hydrogen-bond donors (Lipinski definition) is 1. The molecule has 1 aromatic heterocycles. The minimum atomic E-state index is -0.626. The number of carbonyl (C=O) groups is 2. The minimum absolute atomic E-state index is 0.0539. The van der Waals surface area contributed by atoms with Crippen LogP contribution >= 0.6 is 0 Å². The fourth-order valence-corrected chi connectivity index (χ4v) is 2.60. The van der Waals surface area contributed by atoms with Crippen LogP contribution in [0.1, 0.15) is 28.5 Å². The zero-order valence-electron chi connectivity index (χ0n) is 15.5. The molecule has 0 aliphatic rings. The smallest absolute Gasteiger partial charge is 0.348 e. The Morgan fingerprint density at radius 3 is 2.44 bits per heavy atom. The van der Waals surface area contributed by atoms with Crippen LogP contribution in [0.15, 0.2) is 48.5 Å². The summed E-state index contributed by atoms with van der Waals surface area (Å²) < 4.78 is 16.8. The third kappa shape index (κ3) is 4.59. The number of nitrogens with zero attached hydrogens (tertiary/aromatic N) is 1. The zero-order chi connectivity index (χ0) is 19.8. The lowest BCUT2D eigenvalue weighted by Gasteiger charge is -2.13. The molecule has 2 N–H and O–H groups in total. The van der Waals surface area contributed by atoms with Gasteiger partial charge in [0.15, 0.2) is 0 Å². The molecule has 0 aliphatic carbocycles. The topological polar surface area (TPSA) is 92.8 Å². The molecule has 0 spiro atoms. The van der Waals surface area contributed by atoms with E-state index in [1.807, 2.05) is 24.3 Å². The summed E-state index contributed by atoms with van der Waals surface area (Å²) in [5.41, 5.74) is 9.70. The van der Waals surface area contributed by atoms with Crippen molar-refractivity contribution >= 4 is 17.5 Å². The summed E-state index contributed by atoms with van der Waals surface area (Å²) in [5.74, 6) is -0.460. The first kappa shape index (κ1) is 19.9. The summed E-state index contributed by atoms with van der Waals surface area (Å²) in [6.45, 7) is 2.28. The van der Waals surface area contributed by atoms with Gasteiger partial charge in [0, 0.05) is 18.9 Å². The molecule has 2 aromatic rings. The normalized spacial score (nSPS) is 9.89. The summed E-state index contributed by atoms with van der Waals surface area (Å²) in [5, 5.41) is 0. The summed E-state index contributed by atoms with van der Waals surface area (Å²) in [6, 6.07) is 9.05. The van der Waals surface area contributed by atoms with Crippen molar-refractivity contribution in [2.45, 2.75) is 13.5 Å².